The van der Waals surface area contributed by atoms with Crippen molar-refractivity contribution in [2.24, 2.45) is 0 Å². The van der Waals surface area contributed by atoms with Crippen molar-refractivity contribution in [3.05, 3.63) is 83.1 Å². The normalized spacial score (nSPS) is 11.5. The number of halogens is 1. The van der Waals surface area contributed by atoms with Gasteiger partial charge in [-0.25, -0.2) is 9.48 Å². The zero-order valence-electron chi connectivity index (χ0n) is 18.2. The number of amides is 2. The molecule has 2 amide bonds. The molecule has 3 N–H and O–H groups in total. The van der Waals surface area contributed by atoms with Crippen molar-refractivity contribution in [1.82, 2.24) is 15.1 Å². The molecular weight excluding hydrogens is 424 g/mol. The van der Waals surface area contributed by atoms with Crippen LogP contribution in [0.3, 0.4) is 0 Å². The number of phenolic OH excluding ortho intramolecular Hbond substituents is 1. The third kappa shape index (κ3) is 4.70. The van der Waals surface area contributed by atoms with Crippen LogP contribution < -0.4 is 10.6 Å². The number of anilines is 1. The molecule has 0 aliphatic heterocycles. The van der Waals surface area contributed by atoms with Gasteiger partial charge in [-0.2, -0.15) is 5.10 Å². The third-order valence-corrected chi connectivity index (χ3v) is 5.38. The number of benzene rings is 3. The molecule has 6 nitrogen and oxygen atoms in total. The molecule has 3 aromatic carbocycles. The topological polar surface area (TPSA) is 79.2 Å². The van der Waals surface area contributed by atoms with Crippen LogP contribution >= 0.6 is 11.6 Å². The van der Waals surface area contributed by atoms with Gasteiger partial charge in [0.1, 0.15) is 5.75 Å². The van der Waals surface area contributed by atoms with Gasteiger partial charge in [-0.3, -0.25) is 0 Å². The average Bonchev–Trinajstić information content (AvgIpc) is 3.17. The van der Waals surface area contributed by atoms with Gasteiger partial charge in [0.2, 0.25) is 0 Å². The van der Waals surface area contributed by atoms with Crippen LogP contribution in [0.5, 0.6) is 5.75 Å². The van der Waals surface area contributed by atoms with E-state index in [1.54, 1.807) is 24.3 Å². The van der Waals surface area contributed by atoms with Crippen LogP contribution in [0, 0.1) is 0 Å². The molecule has 0 bridgehead atoms. The highest BCUT2D eigenvalue weighted by atomic mass is 35.5. The van der Waals surface area contributed by atoms with Gasteiger partial charge in [0, 0.05) is 21.5 Å². The number of carbonyl (C=O) groups is 1. The maximum atomic E-state index is 12.6. The Balaban J connectivity index is 1.52. The Labute approximate surface area is 191 Å². The fourth-order valence-electron chi connectivity index (χ4n) is 3.43. The van der Waals surface area contributed by atoms with E-state index in [2.05, 4.69) is 31.4 Å². The van der Waals surface area contributed by atoms with E-state index in [4.69, 9.17) is 16.7 Å². The molecule has 164 valence electrons. The lowest BCUT2D eigenvalue weighted by Gasteiger charge is -2.14. The van der Waals surface area contributed by atoms with E-state index in [1.807, 2.05) is 47.1 Å². The maximum Gasteiger partial charge on any atom is 0.319 e. The number of rotatable bonds is 4. The number of hydrogen-bond donors (Lipinski definition) is 3. The molecule has 0 spiro atoms. The zero-order valence-corrected chi connectivity index (χ0v) is 18.9. The summed E-state index contributed by atoms with van der Waals surface area (Å²) in [5.41, 5.74) is 3.09. The molecule has 0 fully saturated rings. The number of aromatic nitrogens is 2. The molecule has 32 heavy (non-hydrogen) atoms. The first kappa shape index (κ1) is 21.7. The highest BCUT2D eigenvalue weighted by Gasteiger charge is 2.21. The van der Waals surface area contributed by atoms with Gasteiger partial charge in [-0.05, 0) is 53.9 Å². The lowest BCUT2D eigenvalue weighted by Crippen LogP contribution is -2.29. The minimum absolute atomic E-state index is 0.141. The predicted molar refractivity (Wildman–Crippen MR) is 129 cm³/mol. The number of fused-ring (bicyclic) bond motifs is 1. The number of carbonyl (C=O) groups excluding carboxylic acids is 1. The Kier molecular flexibility index (Phi) is 5.80. The molecule has 0 saturated carbocycles. The van der Waals surface area contributed by atoms with Gasteiger partial charge in [-0.15, -0.1) is 0 Å². The summed E-state index contributed by atoms with van der Waals surface area (Å²) >= 11 is 6.18. The van der Waals surface area contributed by atoms with E-state index in [0.717, 1.165) is 27.8 Å². The van der Waals surface area contributed by atoms with Crippen LogP contribution in [0.1, 0.15) is 32.2 Å². The Morgan fingerprint density at radius 1 is 1.06 bits per heavy atom. The van der Waals surface area contributed by atoms with Crippen LogP contribution in [0.15, 0.2) is 66.7 Å². The Hall–Kier alpha value is -3.51. The molecule has 0 aliphatic carbocycles. The first-order valence-electron chi connectivity index (χ1n) is 10.3. The molecule has 0 unspecified atom stereocenters. The SMILES string of the molecule is CC(C)(C)c1cc(CNC(=O)Nc2ccc3c(O)cccc3c2)n(-c2cccc(Cl)c2)n1. The standard InChI is InChI=1S/C25H25ClN4O2/c1-25(2,3)23-14-20(30(29-23)19-8-5-7-17(26)13-19)15-27-24(32)28-18-10-11-21-16(12-18)6-4-9-22(21)31/h4-14,31H,15H2,1-3H3,(H2,27,28,32). The second-order valence-electron chi connectivity index (χ2n) is 8.68. The molecular formula is C25H25ClN4O2. The van der Waals surface area contributed by atoms with Gasteiger partial charge < -0.3 is 15.7 Å². The van der Waals surface area contributed by atoms with E-state index in [-0.39, 0.29) is 23.7 Å². The van der Waals surface area contributed by atoms with Crippen molar-refractivity contribution in [1.29, 1.82) is 0 Å². The number of urea groups is 1. The van der Waals surface area contributed by atoms with E-state index >= 15 is 0 Å². The van der Waals surface area contributed by atoms with Crippen LogP contribution in [0.4, 0.5) is 10.5 Å². The Bertz CT molecular complexity index is 1290. The van der Waals surface area contributed by atoms with Gasteiger partial charge in [0.05, 0.1) is 23.6 Å². The molecule has 1 aromatic heterocycles. The predicted octanol–water partition coefficient (Wildman–Crippen LogP) is 6.00. The van der Waals surface area contributed by atoms with Gasteiger partial charge in [0.15, 0.2) is 0 Å². The summed E-state index contributed by atoms with van der Waals surface area (Å²) in [6, 6.07) is 19.8. The summed E-state index contributed by atoms with van der Waals surface area (Å²) in [5.74, 6) is 0.211. The lowest BCUT2D eigenvalue weighted by atomic mass is 9.92. The Morgan fingerprint density at radius 3 is 2.59 bits per heavy atom. The summed E-state index contributed by atoms with van der Waals surface area (Å²) in [5, 5.41) is 22.6. The fourth-order valence-corrected chi connectivity index (χ4v) is 3.62. The van der Waals surface area contributed by atoms with E-state index in [1.165, 1.54) is 0 Å². The van der Waals surface area contributed by atoms with Gasteiger partial charge in [0.25, 0.3) is 0 Å². The van der Waals surface area contributed by atoms with Crippen molar-refractivity contribution in [2.45, 2.75) is 32.7 Å². The molecule has 7 heteroatoms. The van der Waals surface area contributed by atoms with Crippen LogP contribution in [-0.4, -0.2) is 20.9 Å². The molecule has 0 radical (unpaired) electrons. The van der Waals surface area contributed by atoms with Gasteiger partial charge in [-0.1, -0.05) is 50.6 Å². The van der Waals surface area contributed by atoms with Crippen molar-refractivity contribution >= 4 is 34.1 Å². The van der Waals surface area contributed by atoms with Crippen molar-refractivity contribution in [2.75, 3.05) is 5.32 Å². The molecule has 0 saturated heterocycles. The monoisotopic (exact) mass is 448 g/mol. The summed E-state index contributed by atoms with van der Waals surface area (Å²) in [6.07, 6.45) is 0. The molecule has 1 heterocycles. The highest BCUT2D eigenvalue weighted by Crippen LogP contribution is 2.27. The Morgan fingerprint density at radius 2 is 1.84 bits per heavy atom. The second-order valence-corrected chi connectivity index (χ2v) is 9.12. The number of nitrogens with one attached hydrogen (secondary N) is 2. The molecule has 4 aromatic rings. The summed E-state index contributed by atoms with van der Waals surface area (Å²) in [4.78, 5) is 12.6. The maximum absolute atomic E-state index is 12.6. The van der Waals surface area contributed by atoms with Crippen LogP contribution in [0.25, 0.3) is 16.5 Å². The minimum Gasteiger partial charge on any atom is -0.507 e. The smallest absolute Gasteiger partial charge is 0.319 e. The number of nitrogens with zero attached hydrogens (tertiary/aromatic N) is 2. The quantitative estimate of drug-likeness (QED) is 0.358. The lowest BCUT2D eigenvalue weighted by molar-refractivity contribution is 0.251. The largest absolute Gasteiger partial charge is 0.507 e. The number of phenols is 1. The zero-order chi connectivity index (χ0) is 22.9. The van der Waals surface area contributed by atoms with E-state index < -0.39 is 0 Å². The molecule has 0 atom stereocenters. The summed E-state index contributed by atoms with van der Waals surface area (Å²) in [6.45, 7) is 6.58. The molecule has 4 rings (SSSR count). The minimum atomic E-state index is -0.333. The second kappa shape index (κ2) is 8.55. The summed E-state index contributed by atoms with van der Waals surface area (Å²) < 4.78 is 1.81. The average molecular weight is 449 g/mol. The van der Waals surface area contributed by atoms with Crippen LogP contribution in [-0.2, 0) is 12.0 Å². The van der Waals surface area contributed by atoms with E-state index in [0.29, 0.717) is 10.7 Å². The highest BCUT2D eigenvalue weighted by molar-refractivity contribution is 6.30. The number of hydrogen-bond acceptors (Lipinski definition) is 3. The number of aromatic hydroxyl groups is 1. The first-order chi connectivity index (χ1) is 15.2. The summed E-state index contributed by atoms with van der Waals surface area (Å²) in [7, 11) is 0. The van der Waals surface area contributed by atoms with Crippen LogP contribution in [0.2, 0.25) is 5.02 Å². The third-order valence-electron chi connectivity index (χ3n) is 5.15. The molecule has 0 aliphatic rings. The van der Waals surface area contributed by atoms with Gasteiger partial charge >= 0.3 is 6.03 Å². The first-order valence-corrected chi connectivity index (χ1v) is 10.7. The van der Waals surface area contributed by atoms with Crippen molar-refractivity contribution in [3.8, 4) is 11.4 Å². The van der Waals surface area contributed by atoms with Crippen molar-refractivity contribution in [3.63, 3.8) is 0 Å². The van der Waals surface area contributed by atoms with E-state index in [9.17, 15) is 9.90 Å². The fraction of sp³-hybridized carbons (Fsp3) is 0.200. The van der Waals surface area contributed by atoms with Crippen molar-refractivity contribution < 1.29 is 9.90 Å².